The standard InChI is InChI=1S/C23H21N5O3/c1-3-21(29)27-19-14-28-13-18(9-10-20(28)26-19)31-17-8-4-7-16(12-17)25-23(30)22-15(2)6-5-11-24-22/h4-14H,3H2,1-2H3,(H,25,30)(H,27,29). The Balaban J connectivity index is 1.49. The molecular weight excluding hydrogens is 394 g/mol. The lowest BCUT2D eigenvalue weighted by Crippen LogP contribution is -2.15. The number of aryl methyl sites for hydroxylation is 1. The number of carbonyl (C=O) groups excluding carboxylic acids is 2. The summed E-state index contributed by atoms with van der Waals surface area (Å²) in [6.45, 7) is 3.62. The highest BCUT2D eigenvalue weighted by atomic mass is 16.5. The van der Waals surface area contributed by atoms with E-state index in [2.05, 4.69) is 20.6 Å². The summed E-state index contributed by atoms with van der Waals surface area (Å²) in [4.78, 5) is 32.6. The van der Waals surface area contributed by atoms with E-state index in [0.717, 1.165) is 5.56 Å². The van der Waals surface area contributed by atoms with E-state index in [-0.39, 0.29) is 11.8 Å². The second-order valence-corrected chi connectivity index (χ2v) is 6.91. The van der Waals surface area contributed by atoms with Gasteiger partial charge in [0.2, 0.25) is 5.91 Å². The highest BCUT2D eigenvalue weighted by Crippen LogP contribution is 2.25. The third-order valence-corrected chi connectivity index (χ3v) is 4.56. The first-order valence-electron chi connectivity index (χ1n) is 9.81. The summed E-state index contributed by atoms with van der Waals surface area (Å²) in [7, 11) is 0. The molecule has 0 radical (unpaired) electrons. The van der Waals surface area contributed by atoms with E-state index in [1.165, 1.54) is 0 Å². The third kappa shape index (κ3) is 4.69. The molecule has 0 saturated heterocycles. The highest BCUT2D eigenvalue weighted by Gasteiger charge is 2.11. The van der Waals surface area contributed by atoms with Gasteiger partial charge in [0, 0.05) is 24.4 Å². The summed E-state index contributed by atoms with van der Waals surface area (Å²) in [5.74, 6) is 1.26. The number of fused-ring (bicyclic) bond motifs is 1. The molecule has 3 heterocycles. The minimum Gasteiger partial charge on any atom is -0.456 e. The predicted molar refractivity (Wildman–Crippen MR) is 118 cm³/mol. The predicted octanol–water partition coefficient (Wildman–Crippen LogP) is 4.43. The Hall–Kier alpha value is -4.20. The number of carbonyl (C=O) groups is 2. The zero-order chi connectivity index (χ0) is 21.8. The minimum atomic E-state index is -0.281. The quantitative estimate of drug-likeness (QED) is 0.485. The van der Waals surface area contributed by atoms with Crippen LogP contribution >= 0.6 is 0 Å². The van der Waals surface area contributed by atoms with Crippen LogP contribution in [0.5, 0.6) is 11.5 Å². The van der Waals surface area contributed by atoms with Gasteiger partial charge in [-0.05, 0) is 42.8 Å². The SMILES string of the molecule is CCC(=O)Nc1cn2cc(Oc3cccc(NC(=O)c4ncccc4C)c3)ccc2n1. The molecule has 0 fully saturated rings. The van der Waals surface area contributed by atoms with Gasteiger partial charge in [-0.1, -0.05) is 19.1 Å². The molecule has 31 heavy (non-hydrogen) atoms. The van der Waals surface area contributed by atoms with E-state index in [9.17, 15) is 9.59 Å². The van der Waals surface area contributed by atoms with Crippen molar-refractivity contribution < 1.29 is 14.3 Å². The Morgan fingerprint density at radius 2 is 1.90 bits per heavy atom. The molecule has 1 aromatic carbocycles. The van der Waals surface area contributed by atoms with Crippen LogP contribution in [0.4, 0.5) is 11.5 Å². The molecule has 0 aliphatic carbocycles. The van der Waals surface area contributed by atoms with E-state index >= 15 is 0 Å². The lowest BCUT2D eigenvalue weighted by molar-refractivity contribution is -0.115. The van der Waals surface area contributed by atoms with Gasteiger partial charge in [-0.15, -0.1) is 0 Å². The summed E-state index contributed by atoms with van der Waals surface area (Å²) >= 11 is 0. The van der Waals surface area contributed by atoms with Crippen molar-refractivity contribution in [1.29, 1.82) is 0 Å². The topological polar surface area (TPSA) is 97.6 Å². The maximum atomic E-state index is 12.5. The summed E-state index contributed by atoms with van der Waals surface area (Å²) < 4.78 is 7.72. The lowest BCUT2D eigenvalue weighted by Gasteiger charge is -2.10. The molecule has 0 saturated carbocycles. The number of nitrogens with zero attached hydrogens (tertiary/aromatic N) is 3. The Morgan fingerprint density at radius 3 is 2.71 bits per heavy atom. The smallest absolute Gasteiger partial charge is 0.274 e. The highest BCUT2D eigenvalue weighted by molar-refractivity contribution is 6.03. The van der Waals surface area contributed by atoms with Gasteiger partial charge in [-0.25, -0.2) is 4.98 Å². The van der Waals surface area contributed by atoms with Crippen LogP contribution < -0.4 is 15.4 Å². The van der Waals surface area contributed by atoms with E-state index in [1.807, 2.05) is 13.0 Å². The average molecular weight is 415 g/mol. The molecular formula is C23H21N5O3. The van der Waals surface area contributed by atoms with Gasteiger partial charge in [-0.3, -0.25) is 14.6 Å². The number of amides is 2. The molecule has 8 heteroatoms. The van der Waals surface area contributed by atoms with Crippen molar-refractivity contribution in [2.45, 2.75) is 20.3 Å². The monoisotopic (exact) mass is 415 g/mol. The van der Waals surface area contributed by atoms with Crippen molar-refractivity contribution in [2.24, 2.45) is 0 Å². The van der Waals surface area contributed by atoms with Crippen LogP contribution in [0.3, 0.4) is 0 Å². The molecule has 4 aromatic rings. The Bertz CT molecular complexity index is 1270. The van der Waals surface area contributed by atoms with Crippen molar-refractivity contribution in [1.82, 2.24) is 14.4 Å². The van der Waals surface area contributed by atoms with Crippen molar-refractivity contribution in [2.75, 3.05) is 10.6 Å². The number of hydrogen-bond donors (Lipinski definition) is 2. The number of nitrogens with one attached hydrogen (secondary N) is 2. The molecule has 0 atom stereocenters. The van der Waals surface area contributed by atoms with Gasteiger partial charge in [0.25, 0.3) is 5.91 Å². The minimum absolute atomic E-state index is 0.0976. The molecule has 0 aliphatic heterocycles. The van der Waals surface area contributed by atoms with Crippen LogP contribution in [0.25, 0.3) is 5.65 Å². The number of aromatic nitrogens is 3. The number of pyridine rings is 2. The fraction of sp³-hybridized carbons (Fsp3) is 0.130. The summed E-state index contributed by atoms with van der Waals surface area (Å²) in [6.07, 6.45) is 5.47. The number of hydrogen-bond acceptors (Lipinski definition) is 5. The largest absolute Gasteiger partial charge is 0.456 e. The van der Waals surface area contributed by atoms with Gasteiger partial charge in [-0.2, -0.15) is 0 Å². The van der Waals surface area contributed by atoms with Gasteiger partial charge in [0.15, 0.2) is 5.82 Å². The molecule has 2 N–H and O–H groups in total. The van der Waals surface area contributed by atoms with Crippen LogP contribution in [0.2, 0.25) is 0 Å². The van der Waals surface area contributed by atoms with Crippen LogP contribution in [0, 0.1) is 6.92 Å². The number of ether oxygens (including phenoxy) is 1. The Morgan fingerprint density at radius 1 is 1.03 bits per heavy atom. The van der Waals surface area contributed by atoms with Crippen molar-refractivity contribution >= 4 is 29.0 Å². The van der Waals surface area contributed by atoms with Crippen molar-refractivity contribution in [3.63, 3.8) is 0 Å². The van der Waals surface area contributed by atoms with Crippen LogP contribution in [-0.2, 0) is 4.79 Å². The Labute approximate surface area is 178 Å². The zero-order valence-corrected chi connectivity index (χ0v) is 17.1. The second-order valence-electron chi connectivity index (χ2n) is 6.91. The number of rotatable bonds is 6. The van der Waals surface area contributed by atoms with Gasteiger partial charge >= 0.3 is 0 Å². The maximum Gasteiger partial charge on any atom is 0.274 e. The van der Waals surface area contributed by atoms with Crippen molar-refractivity contribution in [3.05, 3.63) is 78.4 Å². The van der Waals surface area contributed by atoms with Crippen LogP contribution in [0.1, 0.15) is 29.4 Å². The van der Waals surface area contributed by atoms with E-state index in [1.54, 1.807) is 72.4 Å². The summed E-state index contributed by atoms with van der Waals surface area (Å²) in [5, 5.41) is 5.58. The van der Waals surface area contributed by atoms with Gasteiger partial charge in [0.05, 0.1) is 12.4 Å². The molecule has 0 spiro atoms. The molecule has 4 rings (SSSR count). The third-order valence-electron chi connectivity index (χ3n) is 4.56. The lowest BCUT2D eigenvalue weighted by atomic mass is 10.2. The summed E-state index contributed by atoms with van der Waals surface area (Å²) in [6, 6.07) is 14.3. The molecule has 2 amide bonds. The second kappa shape index (κ2) is 8.66. The van der Waals surface area contributed by atoms with Gasteiger partial charge in [0.1, 0.15) is 22.8 Å². The molecule has 0 unspecified atom stereocenters. The molecule has 0 bridgehead atoms. The zero-order valence-electron chi connectivity index (χ0n) is 17.1. The first-order valence-corrected chi connectivity index (χ1v) is 9.81. The molecule has 156 valence electrons. The fourth-order valence-corrected chi connectivity index (χ4v) is 3.01. The van der Waals surface area contributed by atoms with Crippen LogP contribution in [-0.4, -0.2) is 26.2 Å². The van der Waals surface area contributed by atoms with E-state index in [4.69, 9.17) is 4.74 Å². The van der Waals surface area contributed by atoms with Crippen LogP contribution in [0.15, 0.2) is 67.1 Å². The Kier molecular flexibility index (Phi) is 5.61. The molecule has 0 aliphatic rings. The number of anilines is 2. The fourth-order valence-electron chi connectivity index (χ4n) is 3.01. The number of imidazole rings is 1. The molecule has 8 nitrogen and oxygen atoms in total. The van der Waals surface area contributed by atoms with E-state index in [0.29, 0.717) is 40.8 Å². The normalized spacial score (nSPS) is 10.6. The summed E-state index contributed by atoms with van der Waals surface area (Å²) in [5.41, 5.74) is 2.47. The van der Waals surface area contributed by atoms with E-state index < -0.39 is 0 Å². The average Bonchev–Trinajstić information content (AvgIpc) is 3.15. The first kappa shape index (κ1) is 20.1. The first-order chi connectivity index (χ1) is 15.0. The molecule has 3 aromatic heterocycles. The van der Waals surface area contributed by atoms with Crippen molar-refractivity contribution in [3.8, 4) is 11.5 Å². The number of benzene rings is 1. The maximum absolute atomic E-state index is 12.5. The van der Waals surface area contributed by atoms with Gasteiger partial charge < -0.3 is 19.8 Å².